The maximum atomic E-state index is 13.2. The highest BCUT2D eigenvalue weighted by Gasteiger charge is 2.45. The Morgan fingerprint density at radius 1 is 1.15 bits per heavy atom. The SMILES string of the molecule is CC(C)(C)OC(=O)N1CCC(Cc2ccccc2C(F)(F)F)(C(=O)O)CC1. The molecule has 1 aliphatic rings. The first-order valence-electron chi connectivity index (χ1n) is 8.70. The number of carbonyl (C=O) groups excluding carboxylic acids is 1. The van der Waals surface area contributed by atoms with E-state index in [9.17, 15) is 27.9 Å². The Bertz CT molecular complexity index is 702. The Hall–Kier alpha value is -2.25. The molecule has 0 aliphatic carbocycles. The lowest BCUT2D eigenvalue weighted by atomic mass is 9.73. The number of ether oxygens (including phenoxy) is 1. The normalized spacial score (nSPS) is 17.5. The number of carboxylic acids is 1. The van der Waals surface area contributed by atoms with Crippen LogP contribution in [0.5, 0.6) is 0 Å². The van der Waals surface area contributed by atoms with Gasteiger partial charge in [-0.15, -0.1) is 0 Å². The number of benzene rings is 1. The van der Waals surface area contributed by atoms with E-state index >= 15 is 0 Å². The molecule has 1 aromatic carbocycles. The first-order valence-corrected chi connectivity index (χ1v) is 8.70. The highest BCUT2D eigenvalue weighted by Crippen LogP contribution is 2.40. The van der Waals surface area contributed by atoms with Crippen molar-refractivity contribution in [2.75, 3.05) is 13.1 Å². The van der Waals surface area contributed by atoms with Gasteiger partial charge in [-0.25, -0.2) is 4.79 Å². The van der Waals surface area contributed by atoms with Crippen LogP contribution in [-0.2, 0) is 22.1 Å². The summed E-state index contributed by atoms with van der Waals surface area (Å²) in [5, 5.41) is 9.74. The topological polar surface area (TPSA) is 66.8 Å². The van der Waals surface area contributed by atoms with Gasteiger partial charge in [0.2, 0.25) is 0 Å². The summed E-state index contributed by atoms with van der Waals surface area (Å²) in [5.41, 5.74) is -2.89. The van der Waals surface area contributed by atoms with Crippen LogP contribution < -0.4 is 0 Å². The number of nitrogens with zero attached hydrogens (tertiary/aromatic N) is 1. The number of aliphatic carboxylic acids is 1. The van der Waals surface area contributed by atoms with Crippen molar-refractivity contribution in [3.8, 4) is 0 Å². The smallest absolute Gasteiger partial charge is 0.416 e. The molecule has 2 rings (SSSR count). The molecule has 1 aromatic rings. The second kappa shape index (κ2) is 7.40. The Labute approximate surface area is 156 Å². The summed E-state index contributed by atoms with van der Waals surface area (Å²) in [7, 11) is 0. The number of amides is 1. The molecule has 1 N–H and O–H groups in total. The first kappa shape index (κ1) is 21.1. The third-order valence-corrected chi connectivity index (χ3v) is 4.68. The van der Waals surface area contributed by atoms with Gasteiger partial charge in [0.25, 0.3) is 0 Å². The highest BCUT2D eigenvalue weighted by molar-refractivity contribution is 5.76. The van der Waals surface area contributed by atoms with E-state index in [1.165, 1.54) is 23.1 Å². The van der Waals surface area contributed by atoms with E-state index in [0.717, 1.165) is 6.07 Å². The molecule has 0 unspecified atom stereocenters. The molecule has 1 aliphatic heterocycles. The van der Waals surface area contributed by atoms with Gasteiger partial charge in [0.15, 0.2) is 0 Å². The summed E-state index contributed by atoms with van der Waals surface area (Å²) >= 11 is 0. The van der Waals surface area contributed by atoms with Gasteiger partial charge in [-0.3, -0.25) is 4.79 Å². The van der Waals surface area contributed by atoms with Gasteiger partial charge in [0, 0.05) is 13.1 Å². The number of piperidine rings is 1. The van der Waals surface area contributed by atoms with E-state index in [2.05, 4.69) is 0 Å². The lowest BCUT2D eigenvalue weighted by Crippen LogP contribution is -2.49. The van der Waals surface area contributed by atoms with Gasteiger partial charge in [-0.2, -0.15) is 13.2 Å². The average Bonchev–Trinajstić information content (AvgIpc) is 2.53. The number of rotatable bonds is 3. The van der Waals surface area contributed by atoms with Crippen LogP contribution in [0.3, 0.4) is 0 Å². The molecule has 1 amide bonds. The fourth-order valence-corrected chi connectivity index (χ4v) is 3.23. The average molecular weight is 387 g/mol. The van der Waals surface area contributed by atoms with Crippen molar-refractivity contribution in [1.82, 2.24) is 4.90 Å². The van der Waals surface area contributed by atoms with Crippen LogP contribution in [0.2, 0.25) is 0 Å². The van der Waals surface area contributed by atoms with Gasteiger partial charge in [0.05, 0.1) is 11.0 Å². The fourth-order valence-electron chi connectivity index (χ4n) is 3.23. The fraction of sp³-hybridized carbons (Fsp3) is 0.579. The van der Waals surface area contributed by atoms with E-state index < -0.39 is 34.8 Å². The molecule has 5 nitrogen and oxygen atoms in total. The number of carboxylic acid groups (broad SMARTS) is 1. The third-order valence-electron chi connectivity index (χ3n) is 4.68. The van der Waals surface area contributed by atoms with Crippen molar-refractivity contribution < 1.29 is 32.6 Å². The van der Waals surface area contributed by atoms with Gasteiger partial charge >= 0.3 is 18.2 Å². The zero-order valence-corrected chi connectivity index (χ0v) is 15.6. The minimum Gasteiger partial charge on any atom is -0.481 e. The molecule has 0 atom stereocenters. The summed E-state index contributed by atoms with van der Waals surface area (Å²) in [4.78, 5) is 25.5. The van der Waals surface area contributed by atoms with Crippen LogP contribution in [0, 0.1) is 5.41 Å². The minimum atomic E-state index is -4.55. The molecule has 0 bridgehead atoms. The molecule has 1 heterocycles. The molecule has 27 heavy (non-hydrogen) atoms. The predicted molar refractivity (Wildman–Crippen MR) is 92.3 cm³/mol. The van der Waals surface area contributed by atoms with Gasteiger partial charge in [-0.05, 0) is 51.7 Å². The van der Waals surface area contributed by atoms with Gasteiger partial charge in [-0.1, -0.05) is 18.2 Å². The van der Waals surface area contributed by atoms with Crippen molar-refractivity contribution in [1.29, 1.82) is 0 Å². The highest BCUT2D eigenvalue weighted by atomic mass is 19.4. The molecule has 8 heteroatoms. The molecule has 0 spiro atoms. The zero-order valence-electron chi connectivity index (χ0n) is 15.6. The molecule has 150 valence electrons. The Morgan fingerprint density at radius 3 is 2.19 bits per heavy atom. The predicted octanol–water partition coefficient (Wildman–Crippen LogP) is 4.35. The minimum absolute atomic E-state index is 0.0434. The van der Waals surface area contributed by atoms with Crippen LogP contribution in [0.25, 0.3) is 0 Å². The molecule has 1 fully saturated rings. The molecule has 0 saturated carbocycles. The maximum Gasteiger partial charge on any atom is 0.416 e. The zero-order chi connectivity index (χ0) is 20.5. The first-order chi connectivity index (χ1) is 12.3. The van der Waals surface area contributed by atoms with E-state index in [-0.39, 0.29) is 37.9 Å². The number of carbonyl (C=O) groups is 2. The quantitative estimate of drug-likeness (QED) is 0.837. The van der Waals surface area contributed by atoms with Crippen molar-refractivity contribution >= 4 is 12.1 Å². The summed E-state index contributed by atoms with van der Waals surface area (Å²) in [6.45, 7) is 5.42. The second-order valence-corrected chi connectivity index (χ2v) is 7.88. The number of hydrogen-bond acceptors (Lipinski definition) is 3. The van der Waals surface area contributed by atoms with Crippen molar-refractivity contribution in [3.05, 3.63) is 35.4 Å². The largest absolute Gasteiger partial charge is 0.481 e. The van der Waals surface area contributed by atoms with Gasteiger partial charge in [0.1, 0.15) is 5.60 Å². The van der Waals surface area contributed by atoms with Crippen LogP contribution in [0.1, 0.15) is 44.7 Å². The molecule has 0 radical (unpaired) electrons. The van der Waals surface area contributed by atoms with E-state index in [0.29, 0.717) is 0 Å². The standard InChI is InChI=1S/C19H24F3NO4/c1-17(2,3)27-16(26)23-10-8-18(9-11-23,15(24)25)12-13-6-4-5-7-14(13)19(20,21)22/h4-7H,8-12H2,1-3H3,(H,24,25). The summed E-state index contributed by atoms with van der Waals surface area (Å²) in [5.74, 6) is -1.15. The van der Waals surface area contributed by atoms with Crippen LogP contribution in [0.4, 0.5) is 18.0 Å². The number of alkyl halides is 3. The van der Waals surface area contributed by atoms with E-state index in [1.54, 1.807) is 20.8 Å². The van der Waals surface area contributed by atoms with Crippen LogP contribution in [0.15, 0.2) is 24.3 Å². The molecule has 0 aromatic heterocycles. The Kier molecular flexibility index (Phi) is 5.77. The monoisotopic (exact) mass is 387 g/mol. The van der Waals surface area contributed by atoms with E-state index in [1.807, 2.05) is 0 Å². The van der Waals surface area contributed by atoms with Crippen molar-refractivity contribution in [3.63, 3.8) is 0 Å². The second-order valence-electron chi connectivity index (χ2n) is 7.88. The number of hydrogen-bond donors (Lipinski definition) is 1. The summed E-state index contributed by atoms with van der Waals surface area (Å²) in [6, 6.07) is 5.02. The van der Waals surface area contributed by atoms with Crippen molar-refractivity contribution in [2.45, 2.75) is 51.8 Å². The Balaban J connectivity index is 2.18. The lowest BCUT2D eigenvalue weighted by Gasteiger charge is -2.39. The Morgan fingerprint density at radius 2 is 1.70 bits per heavy atom. The van der Waals surface area contributed by atoms with Crippen LogP contribution in [-0.4, -0.2) is 40.8 Å². The summed E-state index contributed by atoms with van der Waals surface area (Å²) in [6.07, 6.45) is -5.20. The molecular formula is C19H24F3NO4. The number of halogens is 3. The van der Waals surface area contributed by atoms with E-state index in [4.69, 9.17) is 4.74 Å². The molecular weight excluding hydrogens is 363 g/mol. The third kappa shape index (κ3) is 5.14. The molecule has 1 saturated heterocycles. The number of likely N-dealkylation sites (tertiary alicyclic amines) is 1. The van der Waals surface area contributed by atoms with Crippen molar-refractivity contribution in [2.24, 2.45) is 5.41 Å². The maximum absolute atomic E-state index is 13.2. The van der Waals surface area contributed by atoms with Crippen LogP contribution >= 0.6 is 0 Å². The summed E-state index contributed by atoms with van der Waals surface area (Å²) < 4.78 is 45.0. The lowest BCUT2D eigenvalue weighted by molar-refractivity contribution is -0.153. The van der Waals surface area contributed by atoms with Gasteiger partial charge < -0.3 is 14.7 Å².